The van der Waals surface area contributed by atoms with Gasteiger partial charge < -0.3 is 5.73 Å². The van der Waals surface area contributed by atoms with Gasteiger partial charge in [0.15, 0.2) is 0 Å². The quantitative estimate of drug-likeness (QED) is 0.380. The van der Waals surface area contributed by atoms with Crippen molar-refractivity contribution < 1.29 is 14.4 Å². The summed E-state index contributed by atoms with van der Waals surface area (Å²) in [6.07, 6.45) is 3.04. The summed E-state index contributed by atoms with van der Waals surface area (Å²) < 4.78 is 0. The molecular weight excluding hydrogens is 360 g/mol. The SMILES string of the molecule is C=CCSCCC(C)(C)[C@H]1CC(=O)N([C@@H](Cc2ccccc2)C(N)=O)C1=O. The smallest absolute Gasteiger partial charge is 0.241 e. The molecule has 0 radical (unpaired) electrons. The lowest BCUT2D eigenvalue weighted by molar-refractivity contribution is -0.147. The summed E-state index contributed by atoms with van der Waals surface area (Å²) in [6.45, 7) is 7.73. The fraction of sp³-hybridized carbons (Fsp3) is 0.476. The highest BCUT2D eigenvalue weighted by Crippen LogP contribution is 2.40. The van der Waals surface area contributed by atoms with Crippen LogP contribution in [0.4, 0.5) is 0 Å². The Morgan fingerprint density at radius 1 is 1.37 bits per heavy atom. The molecule has 2 atom stereocenters. The van der Waals surface area contributed by atoms with E-state index in [2.05, 4.69) is 6.58 Å². The molecule has 2 rings (SSSR count). The zero-order valence-corrected chi connectivity index (χ0v) is 16.8. The van der Waals surface area contributed by atoms with Crippen LogP contribution in [0.15, 0.2) is 43.0 Å². The van der Waals surface area contributed by atoms with Crippen molar-refractivity contribution in [3.63, 3.8) is 0 Å². The topological polar surface area (TPSA) is 80.5 Å². The van der Waals surface area contributed by atoms with E-state index in [1.54, 1.807) is 11.8 Å². The first-order valence-corrected chi connectivity index (χ1v) is 10.3. The van der Waals surface area contributed by atoms with Gasteiger partial charge in [-0.3, -0.25) is 19.3 Å². The number of carbonyl (C=O) groups is 3. The van der Waals surface area contributed by atoms with Gasteiger partial charge in [0, 0.05) is 18.6 Å². The summed E-state index contributed by atoms with van der Waals surface area (Å²) in [5.41, 5.74) is 6.10. The summed E-state index contributed by atoms with van der Waals surface area (Å²) >= 11 is 1.75. The minimum absolute atomic E-state index is 0.135. The highest BCUT2D eigenvalue weighted by atomic mass is 32.2. The minimum Gasteiger partial charge on any atom is -0.368 e. The van der Waals surface area contributed by atoms with E-state index in [-0.39, 0.29) is 30.1 Å². The third-order valence-electron chi connectivity index (χ3n) is 5.16. The fourth-order valence-corrected chi connectivity index (χ4v) is 4.43. The largest absolute Gasteiger partial charge is 0.368 e. The van der Waals surface area contributed by atoms with E-state index in [0.29, 0.717) is 0 Å². The molecule has 1 aliphatic rings. The maximum atomic E-state index is 13.1. The van der Waals surface area contributed by atoms with Gasteiger partial charge in [-0.25, -0.2) is 0 Å². The number of imide groups is 1. The van der Waals surface area contributed by atoms with Gasteiger partial charge in [-0.15, -0.1) is 6.58 Å². The molecule has 6 heteroatoms. The fourth-order valence-electron chi connectivity index (χ4n) is 3.42. The second-order valence-corrected chi connectivity index (χ2v) is 8.72. The Morgan fingerprint density at radius 3 is 2.63 bits per heavy atom. The summed E-state index contributed by atoms with van der Waals surface area (Å²) in [6, 6.07) is 8.36. The van der Waals surface area contributed by atoms with Crippen molar-refractivity contribution in [3.8, 4) is 0 Å². The molecule has 1 heterocycles. The van der Waals surface area contributed by atoms with Crippen LogP contribution in [-0.2, 0) is 20.8 Å². The molecule has 2 N–H and O–H groups in total. The van der Waals surface area contributed by atoms with Gasteiger partial charge in [0.05, 0.1) is 5.92 Å². The van der Waals surface area contributed by atoms with E-state index in [0.717, 1.165) is 28.4 Å². The number of carbonyl (C=O) groups excluding carboxylic acids is 3. The first-order valence-electron chi connectivity index (χ1n) is 9.15. The van der Waals surface area contributed by atoms with E-state index in [4.69, 9.17) is 5.73 Å². The number of thioether (sulfide) groups is 1. The zero-order valence-electron chi connectivity index (χ0n) is 16.0. The monoisotopic (exact) mass is 388 g/mol. The summed E-state index contributed by atoms with van der Waals surface area (Å²) in [5.74, 6) is 0.0865. The Labute approximate surface area is 165 Å². The molecule has 0 unspecified atom stereocenters. The Kier molecular flexibility index (Phi) is 7.25. The molecule has 146 valence electrons. The third kappa shape index (κ3) is 5.22. The predicted octanol–water partition coefficient (Wildman–Crippen LogP) is 2.79. The second kappa shape index (κ2) is 9.22. The summed E-state index contributed by atoms with van der Waals surface area (Å²) in [7, 11) is 0. The number of nitrogens with zero attached hydrogens (tertiary/aromatic N) is 1. The number of hydrogen-bond donors (Lipinski definition) is 1. The summed E-state index contributed by atoms with van der Waals surface area (Å²) in [5, 5.41) is 0. The molecule has 0 aromatic heterocycles. The highest BCUT2D eigenvalue weighted by Gasteiger charge is 2.49. The first-order chi connectivity index (χ1) is 12.8. The van der Waals surface area contributed by atoms with Gasteiger partial charge in [0.1, 0.15) is 6.04 Å². The standard InChI is InChI=1S/C21H28N2O3S/c1-4-11-27-12-10-21(2,3)16-14-18(24)23(20(16)26)17(19(22)25)13-15-8-6-5-7-9-15/h4-9,16-17H,1,10-14H2,2-3H3,(H2,22,25)/t16-,17-/m0/s1. The maximum absolute atomic E-state index is 13.1. The van der Waals surface area contributed by atoms with Crippen molar-refractivity contribution >= 4 is 29.5 Å². The second-order valence-electron chi connectivity index (χ2n) is 7.57. The van der Waals surface area contributed by atoms with Crippen molar-refractivity contribution in [1.29, 1.82) is 0 Å². The zero-order chi connectivity index (χ0) is 20.0. The average molecular weight is 389 g/mol. The van der Waals surface area contributed by atoms with Crippen LogP contribution in [0.2, 0.25) is 0 Å². The Hall–Kier alpha value is -2.08. The number of primary amides is 1. The number of benzene rings is 1. The lowest BCUT2D eigenvalue weighted by Crippen LogP contribution is -2.50. The van der Waals surface area contributed by atoms with Crippen molar-refractivity contribution in [2.24, 2.45) is 17.1 Å². The van der Waals surface area contributed by atoms with Crippen molar-refractivity contribution in [1.82, 2.24) is 4.90 Å². The normalized spacial score (nSPS) is 18.6. The third-order valence-corrected chi connectivity index (χ3v) is 6.13. The maximum Gasteiger partial charge on any atom is 0.241 e. The molecule has 1 aromatic carbocycles. The van der Waals surface area contributed by atoms with E-state index in [9.17, 15) is 14.4 Å². The van der Waals surface area contributed by atoms with Crippen LogP contribution in [0.1, 0.15) is 32.3 Å². The Bertz CT molecular complexity index is 703. The van der Waals surface area contributed by atoms with Crippen LogP contribution in [0.3, 0.4) is 0 Å². The molecule has 0 bridgehead atoms. The Balaban J connectivity index is 2.14. The number of rotatable bonds is 10. The van der Waals surface area contributed by atoms with E-state index in [1.165, 1.54) is 0 Å². The Morgan fingerprint density at radius 2 is 2.04 bits per heavy atom. The lowest BCUT2D eigenvalue weighted by Gasteiger charge is -2.31. The number of hydrogen-bond acceptors (Lipinski definition) is 4. The lowest BCUT2D eigenvalue weighted by atomic mass is 9.76. The molecule has 3 amide bonds. The molecule has 1 fully saturated rings. The van der Waals surface area contributed by atoms with Gasteiger partial charge in [0.2, 0.25) is 17.7 Å². The van der Waals surface area contributed by atoms with Crippen LogP contribution >= 0.6 is 11.8 Å². The van der Waals surface area contributed by atoms with Crippen molar-refractivity contribution in [2.75, 3.05) is 11.5 Å². The molecule has 1 saturated heterocycles. The first kappa shape index (κ1) is 21.2. The molecule has 0 saturated carbocycles. The molecule has 27 heavy (non-hydrogen) atoms. The van der Waals surface area contributed by atoms with Crippen LogP contribution < -0.4 is 5.73 Å². The molecule has 1 aromatic rings. The minimum atomic E-state index is -0.941. The van der Waals surface area contributed by atoms with Crippen molar-refractivity contribution in [3.05, 3.63) is 48.6 Å². The van der Waals surface area contributed by atoms with Gasteiger partial charge in [-0.05, 0) is 23.2 Å². The predicted molar refractivity (Wildman–Crippen MR) is 109 cm³/mol. The van der Waals surface area contributed by atoms with E-state index in [1.807, 2.05) is 50.3 Å². The van der Waals surface area contributed by atoms with Crippen LogP contribution in [0, 0.1) is 11.3 Å². The molecular formula is C21H28N2O3S. The number of amides is 3. The van der Waals surface area contributed by atoms with Gasteiger partial charge in [-0.1, -0.05) is 50.3 Å². The number of likely N-dealkylation sites (tertiary alicyclic amines) is 1. The average Bonchev–Trinajstić information content (AvgIpc) is 2.93. The van der Waals surface area contributed by atoms with Gasteiger partial charge >= 0.3 is 0 Å². The van der Waals surface area contributed by atoms with Crippen molar-refractivity contribution in [2.45, 2.75) is 39.2 Å². The van der Waals surface area contributed by atoms with Gasteiger partial charge in [0.25, 0.3) is 0 Å². The number of nitrogens with two attached hydrogens (primary N) is 1. The highest BCUT2D eigenvalue weighted by molar-refractivity contribution is 7.99. The molecule has 1 aliphatic heterocycles. The van der Waals surface area contributed by atoms with Crippen LogP contribution in [-0.4, -0.2) is 40.2 Å². The van der Waals surface area contributed by atoms with E-state index >= 15 is 0 Å². The van der Waals surface area contributed by atoms with E-state index < -0.39 is 17.9 Å². The van der Waals surface area contributed by atoms with Crippen LogP contribution in [0.5, 0.6) is 0 Å². The van der Waals surface area contributed by atoms with Gasteiger partial charge in [-0.2, -0.15) is 11.8 Å². The molecule has 5 nitrogen and oxygen atoms in total. The van der Waals surface area contributed by atoms with Crippen LogP contribution in [0.25, 0.3) is 0 Å². The molecule has 0 spiro atoms. The summed E-state index contributed by atoms with van der Waals surface area (Å²) in [4.78, 5) is 38.9. The molecule has 0 aliphatic carbocycles.